The van der Waals surface area contributed by atoms with Crippen LogP contribution < -0.4 is 0 Å². The van der Waals surface area contributed by atoms with E-state index in [2.05, 4.69) is 15.9 Å². The van der Waals surface area contributed by atoms with Crippen molar-refractivity contribution in [1.29, 1.82) is 0 Å². The SMILES string of the molecule is O=C(O)c1cc(S(=O)(=O)N2C[C@H]3CCC[C@H]3C2)c(Br)o1. The van der Waals surface area contributed by atoms with Gasteiger partial charge in [0.15, 0.2) is 4.67 Å². The smallest absolute Gasteiger partial charge is 0.371 e. The van der Waals surface area contributed by atoms with E-state index in [1.54, 1.807) is 0 Å². The van der Waals surface area contributed by atoms with E-state index in [-0.39, 0.29) is 15.3 Å². The van der Waals surface area contributed by atoms with Gasteiger partial charge in [0.2, 0.25) is 15.8 Å². The molecule has 0 amide bonds. The van der Waals surface area contributed by atoms with Crippen LogP contribution in [0.2, 0.25) is 0 Å². The highest BCUT2D eigenvalue weighted by Gasteiger charge is 2.42. The lowest BCUT2D eigenvalue weighted by molar-refractivity contribution is 0.0661. The minimum atomic E-state index is -3.69. The van der Waals surface area contributed by atoms with Gasteiger partial charge in [-0.2, -0.15) is 4.31 Å². The lowest BCUT2D eigenvalue weighted by Gasteiger charge is -2.16. The highest BCUT2D eigenvalue weighted by atomic mass is 79.9. The maximum atomic E-state index is 12.6. The second-order valence-electron chi connectivity index (χ2n) is 5.33. The first-order valence-corrected chi connectivity index (χ1v) is 8.65. The van der Waals surface area contributed by atoms with Crippen LogP contribution in [0.25, 0.3) is 0 Å². The molecule has 2 fully saturated rings. The average molecular weight is 364 g/mol. The molecule has 1 aliphatic heterocycles. The van der Waals surface area contributed by atoms with Gasteiger partial charge < -0.3 is 9.52 Å². The molecule has 0 aromatic carbocycles. The predicted octanol–water partition coefficient (Wildman–Crippen LogP) is 2.16. The quantitative estimate of drug-likeness (QED) is 0.888. The molecule has 1 saturated carbocycles. The van der Waals surface area contributed by atoms with E-state index in [0.717, 1.165) is 18.9 Å². The van der Waals surface area contributed by atoms with E-state index in [1.807, 2.05) is 0 Å². The van der Waals surface area contributed by atoms with Gasteiger partial charge in [-0.15, -0.1) is 0 Å². The third-order valence-electron chi connectivity index (χ3n) is 4.18. The summed E-state index contributed by atoms with van der Waals surface area (Å²) >= 11 is 2.99. The van der Waals surface area contributed by atoms with E-state index in [4.69, 9.17) is 9.52 Å². The van der Waals surface area contributed by atoms with Crippen molar-refractivity contribution in [3.8, 4) is 0 Å². The first-order chi connectivity index (χ1) is 9.39. The van der Waals surface area contributed by atoms with Crippen LogP contribution in [0.5, 0.6) is 0 Å². The predicted molar refractivity (Wildman–Crippen MR) is 73.0 cm³/mol. The molecule has 2 heterocycles. The third kappa shape index (κ3) is 2.19. The number of carboxylic acid groups (broad SMARTS) is 1. The summed E-state index contributed by atoms with van der Waals surface area (Å²) in [4.78, 5) is 10.7. The third-order valence-corrected chi connectivity index (χ3v) is 6.87. The molecule has 3 rings (SSSR count). The standard InChI is InChI=1S/C12H14BrNO5S/c13-11-10(4-9(19-11)12(15)16)20(17,18)14-5-7-2-1-3-8(7)6-14/h4,7-8H,1-3,5-6H2,(H,15,16)/t7-,8+. The summed E-state index contributed by atoms with van der Waals surface area (Å²) in [5.41, 5.74) is 0. The summed E-state index contributed by atoms with van der Waals surface area (Å²) < 4.78 is 31.5. The van der Waals surface area contributed by atoms with E-state index >= 15 is 0 Å². The van der Waals surface area contributed by atoms with Crippen LogP contribution in [-0.2, 0) is 10.0 Å². The lowest BCUT2D eigenvalue weighted by Crippen LogP contribution is -2.29. The minimum absolute atomic E-state index is 0.0491. The van der Waals surface area contributed by atoms with Crippen molar-refractivity contribution in [1.82, 2.24) is 4.31 Å². The fraction of sp³-hybridized carbons (Fsp3) is 0.583. The van der Waals surface area contributed by atoms with Crippen LogP contribution in [0.15, 0.2) is 20.0 Å². The number of furan rings is 1. The van der Waals surface area contributed by atoms with Gasteiger partial charge in [0.1, 0.15) is 4.90 Å². The van der Waals surface area contributed by atoms with Gasteiger partial charge in [-0.3, -0.25) is 0 Å². The topological polar surface area (TPSA) is 87.8 Å². The highest BCUT2D eigenvalue weighted by Crippen LogP contribution is 2.40. The number of fused-ring (bicyclic) bond motifs is 1. The molecule has 2 aliphatic rings. The Kier molecular flexibility index (Phi) is 3.42. The fourth-order valence-corrected chi connectivity index (χ4v) is 5.62. The Balaban J connectivity index is 1.91. The van der Waals surface area contributed by atoms with Crippen molar-refractivity contribution in [3.05, 3.63) is 16.5 Å². The van der Waals surface area contributed by atoms with Gasteiger partial charge in [-0.05, 0) is 40.6 Å². The number of hydrogen-bond acceptors (Lipinski definition) is 4. The van der Waals surface area contributed by atoms with Crippen molar-refractivity contribution in [2.24, 2.45) is 11.8 Å². The van der Waals surface area contributed by atoms with E-state index in [0.29, 0.717) is 24.9 Å². The van der Waals surface area contributed by atoms with E-state index < -0.39 is 16.0 Å². The molecule has 0 spiro atoms. The molecule has 0 radical (unpaired) electrons. The monoisotopic (exact) mass is 363 g/mol. The Labute approximate surface area is 124 Å². The lowest BCUT2D eigenvalue weighted by atomic mass is 10.0. The normalized spacial score (nSPS) is 26.9. The van der Waals surface area contributed by atoms with Crippen molar-refractivity contribution >= 4 is 31.9 Å². The molecule has 110 valence electrons. The second-order valence-corrected chi connectivity index (χ2v) is 7.95. The van der Waals surface area contributed by atoms with Gasteiger partial charge in [0.05, 0.1) is 0 Å². The Hall–Kier alpha value is -0.860. The molecule has 0 unspecified atom stereocenters. The first-order valence-electron chi connectivity index (χ1n) is 6.42. The Morgan fingerprint density at radius 1 is 1.35 bits per heavy atom. The Morgan fingerprint density at radius 3 is 2.45 bits per heavy atom. The van der Waals surface area contributed by atoms with Gasteiger partial charge in [-0.1, -0.05) is 6.42 Å². The summed E-state index contributed by atoms with van der Waals surface area (Å²) in [7, 11) is -3.69. The van der Waals surface area contributed by atoms with Gasteiger partial charge in [0.25, 0.3) is 0 Å². The molecular weight excluding hydrogens is 350 g/mol. The molecular formula is C12H14BrNO5S. The number of carboxylic acids is 1. The van der Waals surface area contributed by atoms with E-state index in [9.17, 15) is 13.2 Å². The number of carbonyl (C=O) groups is 1. The molecule has 0 bridgehead atoms. The van der Waals surface area contributed by atoms with Crippen molar-refractivity contribution in [3.63, 3.8) is 0 Å². The van der Waals surface area contributed by atoms with Crippen LogP contribution in [0, 0.1) is 11.8 Å². The van der Waals surface area contributed by atoms with Gasteiger partial charge >= 0.3 is 5.97 Å². The fourth-order valence-electron chi connectivity index (χ4n) is 3.16. The number of halogens is 1. The zero-order valence-corrected chi connectivity index (χ0v) is 13.0. The molecule has 2 atom stereocenters. The Morgan fingerprint density at radius 2 is 1.95 bits per heavy atom. The Bertz CT molecular complexity index is 641. The van der Waals surface area contributed by atoms with Crippen LogP contribution in [0.4, 0.5) is 0 Å². The summed E-state index contributed by atoms with van der Waals surface area (Å²) in [6.45, 7) is 1.04. The van der Waals surface area contributed by atoms with Gasteiger partial charge in [0, 0.05) is 19.2 Å². The maximum absolute atomic E-state index is 12.6. The molecule has 1 aliphatic carbocycles. The van der Waals surface area contributed by atoms with Crippen LogP contribution in [-0.4, -0.2) is 36.9 Å². The first kappa shape index (κ1) is 14.1. The summed E-state index contributed by atoms with van der Waals surface area (Å²) in [5.74, 6) is -0.788. The average Bonchev–Trinajstić information content (AvgIpc) is 3.00. The number of rotatable bonds is 3. The zero-order valence-electron chi connectivity index (χ0n) is 10.6. The van der Waals surface area contributed by atoms with Crippen molar-refractivity contribution < 1.29 is 22.7 Å². The molecule has 1 saturated heterocycles. The molecule has 8 heteroatoms. The minimum Gasteiger partial charge on any atom is -0.475 e. The van der Waals surface area contributed by atoms with Crippen LogP contribution >= 0.6 is 15.9 Å². The van der Waals surface area contributed by atoms with E-state index in [1.165, 1.54) is 10.7 Å². The maximum Gasteiger partial charge on any atom is 0.371 e. The highest BCUT2D eigenvalue weighted by molar-refractivity contribution is 9.10. The summed E-state index contributed by atoms with van der Waals surface area (Å²) in [6.07, 6.45) is 3.31. The number of nitrogens with zero attached hydrogens (tertiary/aromatic N) is 1. The van der Waals surface area contributed by atoms with Crippen LogP contribution in [0.1, 0.15) is 29.8 Å². The summed E-state index contributed by atoms with van der Waals surface area (Å²) in [6, 6.07) is 1.07. The second kappa shape index (κ2) is 4.85. The summed E-state index contributed by atoms with van der Waals surface area (Å²) in [5, 5.41) is 8.86. The zero-order chi connectivity index (χ0) is 14.5. The molecule has 1 aromatic rings. The molecule has 1 aromatic heterocycles. The van der Waals surface area contributed by atoms with Crippen molar-refractivity contribution in [2.75, 3.05) is 13.1 Å². The van der Waals surface area contributed by atoms with Crippen LogP contribution in [0.3, 0.4) is 0 Å². The number of hydrogen-bond donors (Lipinski definition) is 1. The van der Waals surface area contributed by atoms with Crippen molar-refractivity contribution in [2.45, 2.75) is 24.2 Å². The largest absolute Gasteiger partial charge is 0.475 e. The molecule has 6 nitrogen and oxygen atoms in total. The molecule has 20 heavy (non-hydrogen) atoms. The molecule has 1 N–H and O–H groups in total. The van der Waals surface area contributed by atoms with Gasteiger partial charge in [-0.25, -0.2) is 13.2 Å². The number of aromatic carboxylic acids is 1. The number of sulfonamides is 1.